The smallest absolute Gasteiger partial charge is 0.274 e. The molecule has 5 aromatic rings. The Morgan fingerprint density at radius 3 is 2.67 bits per heavy atom. The van der Waals surface area contributed by atoms with Crippen LogP contribution in [0.1, 0.15) is 37.7 Å². The summed E-state index contributed by atoms with van der Waals surface area (Å²) < 4.78 is 6.82. The van der Waals surface area contributed by atoms with Gasteiger partial charge in [-0.3, -0.25) is 9.59 Å². The SMILES string of the molecule is Cc1cc(Br)ccc1C(=O)N1CCc2nc(C(=O)Nc3ccc4oc5ccccc5c4c3)ccc2C1. The second-order valence-corrected chi connectivity index (χ2v) is 9.92. The Hall–Kier alpha value is -3.97. The van der Waals surface area contributed by atoms with Crippen molar-refractivity contribution in [2.75, 3.05) is 11.9 Å². The third-order valence-electron chi connectivity index (χ3n) is 6.62. The van der Waals surface area contributed by atoms with E-state index in [1.54, 1.807) is 6.07 Å². The minimum Gasteiger partial charge on any atom is -0.456 e. The summed E-state index contributed by atoms with van der Waals surface area (Å²) in [4.78, 5) is 32.6. The van der Waals surface area contributed by atoms with Gasteiger partial charge in [-0.2, -0.15) is 0 Å². The molecule has 1 aliphatic heterocycles. The maximum atomic E-state index is 13.1. The van der Waals surface area contributed by atoms with Crippen LogP contribution in [-0.4, -0.2) is 28.2 Å². The Morgan fingerprint density at radius 2 is 1.81 bits per heavy atom. The standard InChI is InChI=1S/C29H22BrN3O3/c1-17-14-19(30)7-9-21(17)29(35)33-13-12-24-18(16-33)6-10-25(32-24)28(34)31-20-8-11-27-23(15-20)22-4-2-3-5-26(22)36-27/h2-11,14-15H,12-13,16H2,1H3,(H,31,34). The molecule has 3 aromatic carbocycles. The van der Waals surface area contributed by atoms with Crippen molar-refractivity contribution in [3.05, 3.63) is 105 Å². The molecular formula is C29H22BrN3O3. The monoisotopic (exact) mass is 539 g/mol. The lowest BCUT2D eigenvalue weighted by atomic mass is 10.0. The van der Waals surface area contributed by atoms with Gasteiger partial charge in [0, 0.05) is 51.7 Å². The first kappa shape index (κ1) is 22.5. The zero-order valence-electron chi connectivity index (χ0n) is 19.5. The molecule has 0 fully saturated rings. The molecule has 7 heteroatoms. The zero-order chi connectivity index (χ0) is 24.8. The van der Waals surface area contributed by atoms with Crippen LogP contribution < -0.4 is 5.32 Å². The first-order valence-electron chi connectivity index (χ1n) is 11.7. The summed E-state index contributed by atoms with van der Waals surface area (Å²) >= 11 is 3.45. The van der Waals surface area contributed by atoms with Gasteiger partial charge in [0.1, 0.15) is 16.9 Å². The summed E-state index contributed by atoms with van der Waals surface area (Å²) in [6, 6.07) is 22.8. The molecule has 36 heavy (non-hydrogen) atoms. The number of carbonyl (C=O) groups is 2. The van der Waals surface area contributed by atoms with E-state index in [0.717, 1.165) is 43.2 Å². The topological polar surface area (TPSA) is 75.4 Å². The molecule has 0 saturated carbocycles. The lowest BCUT2D eigenvalue weighted by Crippen LogP contribution is -2.37. The van der Waals surface area contributed by atoms with Crippen LogP contribution >= 0.6 is 15.9 Å². The molecular weight excluding hydrogens is 518 g/mol. The number of pyridine rings is 1. The molecule has 0 atom stereocenters. The summed E-state index contributed by atoms with van der Waals surface area (Å²) in [7, 11) is 0. The molecule has 0 unspecified atom stereocenters. The summed E-state index contributed by atoms with van der Waals surface area (Å²) in [5, 5.41) is 4.92. The molecule has 3 heterocycles. The van der Waals surface area contributed by atoms with Gasteiger partial charge in [0.15, 0.2) is 0 Å². The van der Waals surface area contributed by atoms with Crippen molar-refractivity contribution in [2.24, 2.45) is 0 Å². The maximum Gasteiger partial charge on any atom is 0.274 e. The molecule has 6 nitrogen and oxygen atoms in total. The number of halogens is 1. The van der Waals surface area contributed by atoms with Gasteiger partial charge < -0.3 is 14.6 Å². The fourth-order valence-electron chi connectivity index (χ4n) is 4.75. The van der Waals surface area contributed by atoms with Gasteiger partial charge in [-0.25, -0.2) is 4.98 Å². The third-order valence-corrected chi connectivity index (χ3v) is 7.11. The van der Waals surface area contributed by atoms with E-state index in [1.807, 2.05) is 78.6 Å². The number of hydrogen-bond donors (Lipinski definition) is 1. The van der Waals surface area contributed by atoms with Gasteiger partial charge >= 0.3 is 0 Å². The maximum absolute atomic E-state index is 13.1. The lowest BCUT2D eigenvalue weighted by molar-refractivity contribution is 0.0732. The van der Waals surface area contributed by atoms with E-state index in [-0.39, 0.29) is 11.8 Å². The van der Waals surface area contributed by atoms with Crippen LogP contribution in [0, 0.1) is 6.92 Å². The van der Waals surface area contributed by atoms with Gasteiger partial charge in [0.25, 0.3) is 11.8 Å². The van der Waals surface area contributed by atoms with Gasteiger partial charge in [-0.1, -0.05) is 40.2 Å². The number of carbonyl (C=O) groups excluding carboxylic acids is 2. The molecule has 2 amide bonds. The average Bonchev–Trinajstić information content (AvgIpc) is 3.26. The van der Waals surface area contributed by atoms with Crippen molar-refractivity contribution >= 4 is 55.4 Å². The molecule has 0 saturated heterocycles. The van der Waals surface area contributed by atoms with E-state index in [0.29, 0.717) is 36.5 Å². The Balaban J connectivity index is 1.20. The van der Waals surface area contributed by atoms with Crippen LogP contribution in [0.4, 0.5) is 5.69 Å². The molecule has 0 spiro atoms. The Morgan fingerprint density at radius 1 is 0.972 bits per heavy atom. The van der Waals surface area contributed by atoms with Crippen LogP contribution in [0.25, 0.3) is 21.9 Å². The second-order valence-electron chi connectivity index (χ2n) is 9.00. The molecule has 1 aliphatic rings. The number of benzene rings is 3. The number of furan rings is 1. The van der Waals surface area contributed by atoms with Crippen molar-refractivity contribution < 1.29 is 14.0 Å². The fourth-order valence-corrected chi connectivity index (χ4v) is 5.23. The number of nitrogens with one attached hydrogen (secondary N) is 1. The van der Waals surface area contributed by atoms with Gasteiger partial charge in [0.05, 0.1) is 0 Å². The summed E-state index contributed by atoms with van der Waals surface area (Å²) in [5.41, 5.74) is 6.09. The Kier molecular flexibility index (Phi) is 5.57. The normalized spacial score (nSPS) is 13.1. The minimum atomic E-state index is -0.269. The molecule has 2 aromatic heterocycles. The summed E-state index contributed by atoms with van der Waals surface area (Å²) in [6.45, 7) is 2.97. The molecule has 0 aliphatic carbocycles. The number of para-hydroxylation sites is 1. The van der Waals surface area contributed by atoms with E-state index >= 15 is 0 Å². The van der Waals surface area contributed by atoms with Crippen LogP contribution in [0.5, 0.6) is 0 Å². The first-order chi connectivity index (χ1) is 17.5. The van der Waals surface area contributed by atoms with E-state index < -0.39 is 0 Å². The summed E-state index contributed by atoms with van der Waals surface area (Å²) in [5.74, 6) is -0.261. The Labute approximate surface area is 216 Å². The number of anilines is 1. The molecule has 1 N–H and O–H groups in total. The third kappa shape index (κ3) is 4.05. The van der Waals surface area contributed by atoms with Crippen LogP contribution in [0.3, 0.4) is 0 Å². The van der Waals surface area contributed by atoms with Crippen molar-refractivity contribution in [3.63, 3.8) is 0 Å². The Bertz CT molecular complexity index is 1670. The van der Waals surface area contributed by atoms with E-state index in [4.69, 9.17) is 4.42 Å². The predicted molar refractivity (Wildman–Crippen MR) is 143 cm³/mol. The number of fused-ring (bicyclic) bond motifs is 4. The number of hydrogen-bond acceptors (Lipinski definition) is 4. The van der Waals surface area contributed by atoms with E-state index in [1.165, 1.54) is 0 Å². The number of amides is 2. The van der Waals surface area contributed by atoms with E-state index in [2.05, 4.69) is 26.2 Å². The predicted octanol–water partition coefficient (Wildman–Crippen LogP) is 6.50. The van der Waals surface area contributed by atoms with Crippen molar-refractivity contribution in [2.45, 2.75) is 19.9 Å². The second kappa shape index (κ2) is 8.91. The molecule has 178 valence electrons. The first-order valence-corrected chi connectivity index (χ1v) is 12.5. The number of rotatable bonds is 3. The van der Waals surface area contributed by atoms with Crippen molar-refractivity contribution in [1.82, 2.24) is 9.88 Å². The largest absolute Gasteiger partial charge is 0.456 e. The van der Waals surface area contributed by atoms with Gasteiger partial charge in [0.2, 0.25) is 0 Å². The van der Waals surface area contributed by atoms with Gasteiger partial charge in [-0.05, 0) is 66.6 Å². The average molecular weight is 540 g/mol. The highest BCUT2D eigenvalue weighted by molar-refractivity contribution is 9.10. The highest BCUT2D eigenvalue weighted by Gasteiger charge is 2.24. The minimum absolute atomic E-state index is 0.00892. The molecule has 0 radical (unpaired) electrons. The lowest BCUT2D eigenvalue weighted by Gasteiger charge is -2.29. The summed E-state index contributed by atoms with van der Waals surface area (Å²) in [6.07, 6.45) is 0.602. The van der Waals surface area contributed by atoms with Crippen LogP contribution in [0.15, 0.2) is 81.7 Å². The number of aromatic nitrogens is 1. The molecule has 0 bridgehead atoms. The van der Waals surface area contributed by atoms with E-state index in [9.17, 15) is 9.59 Å². The van der Waals surface area contributed by atoms with Crippen molar-refractivity contribution in [1.29, 1.82) is 0 Å². The number of nitrogens with zero attached hydrogens (tertiary/aromatic N) is 2. The van der Waals surface area contributed by atoms with Crippen molar-refractivity contribution in [3.8, 4) is 0 Å². The fraction of sp³-hybridized carbons (Fsp3) is 0.138. The molecule has 6 rings (SSSR count). The van der Waals surface area contributed by atoms with Gasteiger partial charge in [-0.15, -0.1) is 0 Å². The highest BCUT2D eigenvalue weighted by Crippen LogP contribution is 2.30. The zero-order valence-corrected chi connectivity index (χ0v) is 21.1. The van der Waals surface area contributed by atoms with Crippen LogP contribution in [-0.2, 0) is 13.0 Å². The highest BCUT2D eigenvalue weighted by atomic mass is 79.9. The number of aryl methyl sites for hydroxylation is 1. The quantitative estimate of drug-likeness (QED) is 0.284. The van der Waals surface area contributed by atoms with Crippen LogP contribution in [0.2, 0.25) is 0 Å².